The number of nitrogens with one attached hydrogen (secondary N) is 1. The summed E-state index contributed by atoms with van der Waals surface area (Å²) in [5.41, 5.74) is 0. The van der Waals surface area contributed by atoms with E-state index in [9.17, 15) is 4.79 Å². The summed E-state index contributed by atoms with van der Waals surface area (Å²) in [5.74, 6) is 8.23. The van der Waals surface area contributed by atoms with E-state index in [4.69, 9.17) is 66.7 Å². The van der Waals surface area contributed by atoms with E-state index in [1.54, 1.807) is 0 Å². The Bertz CT molecular complexity index is 859. The molecular weight excluding hydrogens is 698 g/mol. The quantitative estimate of drug-likeness (QED) is 0.0677. The van der Waals surface area contributed by atoms with Gasteiger partial charge < -0.3 is 72.0 Å². The number of hydrogen-bond acceptors (Lipinski definition) is 15. The Hall–Kier alpha value is -1.69. The first-order chi connectivity index (χ1) is 26.3. The van der Waals surface area contributed by atoms with E-state index in [0.29, 0.717) is 189 Å². The number of alkyl carbamates (subject to hydrolysis) is 1. The third kappa shape index (κ3) is 30.2. The van der Waals surface area contributed by atoms with Crippen molar-refractivity contribution < 1.29 is 71.5 Å². The summed E-state index contributed by atoms with van der Waals surface area (Å²) < 4.78 is 70.5. The number of aliphatic hydroxyl groups excluding tert-OH is 1. The molecule has 1 amide bonds. The summed E-state index contributed by atoms with van der Waals surface area (Å²) in [6, 6.07) is 0. The Kier molecular flexibility index (Phi) is 33.4. The van der Waals surface area contributed by atoms with Gasteiger partial charge in [-0.05, 0) is 30.6 Å². The summed E-state index contributed by atoms with van der Waals surface area (Å²) in [7, 11) is 0. The number of fused-ring (bicyclic) bond motifs is 1. The molecule has 1 saturated carbocycles. The molecule has 2 rings (SSSR count). The van der Waals surface area contributed by atoms with Gasteiger partial charge in [-0.1, -0.05) is 0 Å². The Morgan fingerprint density at radius 3 is 1.04 bits per heavy atom. The van der Waals surface area contributed by atoms with Crippen molar-refractivity contribution in [1.82, 2.24) is 5.32 Å². The van der Waals surface area contributed by atoms with Crippen molar-refractivity contribution in [2.45, 2.75) is 25.7 Å². The van der Waals surface area contributed by atoms with Gasteiger partial charge in [-0.3, -0.25) is 0 Å². The number of aliphatic hydroxyl groups is 1. The van der Waals surface area contributed by atoms with Gasteiger partial charge in [0.1, 0.15) is 0 Å². The van der Waals surface area contributed by atoms with Gasteiger partial charge in [0.05, 0.1) is 172 Å². The number of carbonyl (C=O) groups is 1. The first-order valence-electron chi connectivity index (χ1n) is 19.2. The minimum atomic E-state index is -0.382. The molecule has 3 atom stereocenters. The van der Waals surface area contributed by atoms with Crippen LogP contribution in [0, 0.1) is 29.6 Å². The lowest BCUT2D eigenvalue weighted by molar-refractivity contribution is -0.0285. The lowest BCUT2D eigenvalue weighted by atomic mass is 10.1. The van der Waals surface area contributed by atoms with Gasteiger partial charge in [-0.15, -0.1) is 11.8 Å². The molecule has 0 heterocycles. The molecule has 2 N–H and O–H groups in total. The molecule has 0 saturated heterocycles. The van der Waals surface area contributed by atoms with Crippen LogP contribution in [0.1, 0.15) is 25.7 Å². The minimum Gasteiger partial charge on any atom is -0.449 e. The SMILES string of the molecule is O=C(NCCOCCOCCOCCOCCOCCOCCOCCOCCOCCOCCOCCOCCO)OCC1[C@H]2CCC#CCC[C@@H]12. The fourth-order valence-electron chi connectivity index (χ4n) is 5.32. The highest BCUT2D eigenvalue weighted by molar-refractivity contribution is 5.67. The molecule has 0 radical (unpaired) electrons. The van der Waals surface area contributed by atoms with E-state index in [1.165, 1.54) is 0 Å². The lowest BCUT2D eigenvalue weighted by Gasteiger charge is -2.09. The number of hydrogen-bond donors (Lipinski definition) is 2. The fourth-order valence-corrected chi connectivity index (χ4v) is 5.32. The molecule has 16 nitrogen and oxygen atoms in total. The Morgan fingerprint density at radius 2 is 0.736 bits per heavy atom. The number of amides is 1. The smallest absolute Gasteiger partial charge is 0.407 e. The molecule has 16 heteroatoms. The van der Waals surface area contributed by atoms with E-state index in [1.807, 2.05) is 0 Å². The van der Waals surface area contributed by atoms with E-state index < -0.39 is 0 Å². The molecule has 2 aliphatic rings. The average Bonchev–Trinajstić information content (AvgIpc) is 3.81. The second kappa shape index (κ2) is 37.2. The maximum absolute atomic E-state index is 11.9. The van der Waals surface area contributed by atoms with Gasteiger partial charge in [0, 0.05) is 19.4 Å². The maximum atomic E-state index is 11.9. The third-order valence-electron chi connectivity index (χ3n) is 8.09. The van der Waals surface area contributed by atoms with Crippen molar-refractivity contribution in [2.24, 2.45) is 17.8 Å². The number of carbonyl (C=O) groups excluding carboxylic acids is 1. The molecule has 53 heavy (non-hydrogen) atoms. The summed E-state index contributed by atoms with van der Waals surface area (Å²) in [6.45, 7) is 12.4. The van der Waals surface area contributed by atoms with Crippen LogP contribution in [0.4, 0.5) is 4.79 Å². The normalized spacial score (nSPS) is 17.8. The van der Waals surface area contributed by atoms with Gasteiger partial charge in [-0.25, -0.2) is 4.79 Å². The molecule has 2 aliphatic carbocycles. The van der Waals surface area contributed by atoms with Crippen molar-refractivity contribution in [1.29, 1.82) is 0 Å². The van der Waals surface area contributed by atoms with Crippen molar-refractivity contribution in [3.63, 3.8) is 0 Å². The second-order valence-corrected chi connectivity index (χ2v) is 12.0. The minimum absolute atomic E-state index is 0.0214. The summed E-state index contributed by atoms with van der Waals surface area (Å²) >= 11 is 0. The summed E-state index contributed by atoms with van der Waals surface area (Å²) in [6.07, 6.45) is 3.79. The van der Waals surface area contributed by atoms with Crippen molar-refractivity contribution in [3.8, 4) is 11.8 Å². The zero-order chi connectivity index (χ0) is 37.5. The molecule has 0 aliphatic heterocycles. The zero-order valence-electron chi connectivity index (χ0n) is 31.8. The molecule has 0 aromatic rings. The van der Waals surface area contributed by atoms with Crippen LogP contribution in [0.2, 0.25) is 0 Å². The maximum Gasteiger partial charge on any atom is 0.407 e. The topological polar surface area (TPSA) is 169 Å². The largest absolute Gasteiger partial charge is 0.449 e. The number of ether oxygens (including phenoxy) is 13. The Labute approximate surface area is 316 Å². The predicted molar refractivity (Wildman–Crippen MR) is 193 cm³/mol. The molecule has 0 bridgehead atoms. The first kappa shape index (κ1) is 47.5. The van der Waals surface area contributed by atoms with Crippen LogP contribution in [-0.2, 0) is 61.6 Å². The predicted octanol–water partition coefficient (Wildman–Crippen LogP) is 1.34. The van der Waals surface area contributed by atoms with E-state index in [2.05, 4.69) is 17.2 Å². The molecule has 310 valence electrons. The zero-order valence-corrected chi connectivity index (χ0v) is 31.8. The van der Waals surface area contributed by atoms with Gasteiger partial charge >= 0.3 is 6.09 Å². The van der Waals surface area contributed by atoms with Crippen molar-refractivity contribution in [3.05, 3.63) is 0 Å². The van der Waals surface area contributed by atoms with Gasteiger partial charge in [0.15, 0.2) is 0 Å². The highest BCUT2D eigenvalue weighted by atomic mass is 16.6. The Balaban J connectivity index is 1.14. The highest BCUT2D eigenvalue weighted by Gasteiger charge is 2.49. The lowest BCUT2D eigenvalue weighted by Crippen LogP contribution is -2.29. The van der Waals surface area contributed by atoms with Gasteiger partial charge in [0.2, 0.25) is 0 Å². The molecule has 0 aromatic carbocycles. The van der Waals surface area contributed by atoms with Crippen LogP contribution in [0.15, 0.2) is 0 Å². The van der Waals surface area contributed by atoms with Crippen LogP contribution in [0.25, 0.3) is 0 Å². The monoisotopic (exact) mass is 765 g/mol. The average molecular weight is 766 g/mol. The summed E-state index contributed by atoms with van der Waals surface area (Å²) in [5, 5.41) is 11.3. The van der Waals surface area contributed by atoms with E-state index in [-0.39, 0.29) is 12.7 Å². The first-order valence-corrected chi connectivity index (χ1v) is 19.2. The van der Waals surface area contributed by atoms with Gasteiger partial charge in [0.25, 0.3) is 0 Å². The third-order valence-corrected chi connectivity index (χ3v) is 8.09. The highest BCUT2D eigenvalue weighted by Crippen LogP contribution is 2.52. The van der Waals surface area contributed by atoms with Crippen LogP contribution in [-0.4, -0.2) is 190 Å². The van der Waals surface area contributed by atoms with Crippen LogP contribution < -0.4 is 5.32 Å². The van der Waals surface area contributed by atoms with E-state index in [0.717, 1.165) is 25.7 Å². The molecule has 0 spiro atoms. The fraction of sp³-hybridized carbons (Fsp3) is 0.919. The Morgan fingerprint density at radius 1 is 0.453 bits per heavy atom. The van der Waals surface area contributed by atoms with Gasteiger partial charge in [-0.2, -0.15) is 0 Å². The number of rotatable bonds is 40. The van der Waals surface area contributed by atoms with Crippen molar-refractivity contribution >= 4 is 6.09 Å². The summed E-state index contributed by atoms with van der Waals surface area (Å²) in [4.78, 5) is 11.9. The molecular formula is C37H67NO15. The molecule has 1 unspecified atom stereocenters. The van der Waals surface area contributed by atoms with Crippen molar-refractivity contribution in [2.75, 3.05) is 178 Å². The van der Waals surface area contributed by atoms with Crippen LogP contribution >= 0.6 is 0 Å². The second-order valence-electron chi connectivity index (χ2n) is 12.0. The van der Waals surface area contributed by atoms with Crippen LogP contribution in [0.5, 0.6) is 0 Å². The van der Waals surface area contributed by atoms with E-state index >= 15 is 0 Å². The standard InChI is InChI=1S/C37H67NO15/c39-8-10-42-12-14-44-16-18-46-20-22-48-24-26-50-28-30-52-32-31-51-29-27-49-25-23-47-21-19-45-17-15-43-13-11-41-9-7-38-37(40)53-33-36-34-5-3-1-2-4-6-35(34)36/h34-36,39H,3-33H2,(H,38,40)/t34-,35+,36?. The molecule has 1 fully saturated rings. The van der Waals surface area contributed by atoms with Crippen LogP contribution in [0.3, 0.4) is 0 Å². The molecule has 0 aromatic heterocycles.